The molecule has 0 aliphatic carbocycles. The average molecular weight is 745 g/mol. The third-order valence-corrected chi connectivity index (χ3v) is 9.37. The van der Waals surface area contributed by atoms with Crippen molar-refractivity contribution in [2.45, 2.75) is 69.3 Å². The van der Waals surface area contributed by atoms with Crippen molar-refractivity contribution in [3.8, 4) is 0 Å². The van der Waals surface area contributed by atoms with E-state index in [0.717, 1.165) is 4.90 Å². The van der Waals surface area contributed by atoms with E-state index >= 15 is 0 Å². The summed E-state index contributed by atoms with van der Waals surface area (Å²) >= 11 is 0. The topological polar surface area (TPSA) is 243 Å². The van der Waals surface area contributed by atoms with Crippen LogP contribution in [0.25, 0.3) is 0 Å². The second-order valence-corrected chi connectivity index (χ2v) is 13.3. The fourth-order valence-electron chi connectivity index (χ4n) is 6.44. The molecule has 1 aliphatic rings. The number of rotatable bonds is 18. The SMILES string of the molecule is C[C@H](N)C(=O)N[C@@H](CC(Cc1ccccc1)C(=O)O)C(=O)N[C@H](C(=O)N1CCC[C@]1(C(=O)O)C(=O)OCc1ccccc1)C(Cc1ccccc1)C(=O)O. The number of amides is 3. The fraction of sp³-hybridized carbons (Fsp3) is 0.359. The maximum atomic E-state index is 14.6. The third kappa shape index (κ3) is 10.1. The van der Waals surface area contributed by atoms with Gasteiger partial charge in [-0.05, 0) is 55.7 Å². The lowest BCUT2D eigenvalue weighted by molar-refractivity contribution is -0.175. The average Bonchev–Trinajstić information content (AvgIpc) is 3.62. The first-order valence-corrected chi connectivity index (χ1v) is 17.4. The molecule has 7 N–H and O–H groups in total. The van der Waals surface area contributed by atoms with Crippen LogP contribution in [0.2, 0.25) is 0 Å². The van der Waals surface area contributed by atoms with E-state index in [1.807, 2.05) is 0 Å². The van der Waals surface area contributed by atoms with Crippen molar-refractivity contribution in [1.82, 2.24) is 15.5 Å². The van der Waals surface area contributed by atoms with E-state index in [2.05, 4.69) is 10.6 Å². The minimum Gasteiger partial charge on any atom is -0.481 e. The van der Waals surface area contributed by atoms with Gasteiger partial charge in [-0.15, -0.1) is 0 Å². The fourth-order valence-corrected chi connectivity index (χ4v) is 6.44. The first-order chi connectivity index (χ1) is 25.7. The molecule has 1 saturated heterocycles. The standard InChI is InChI=1S/C39H44N4O11/c1-24(40)32(44)41-30(22-28(35(47)48)20-25-12-5-2-6-13-25)33(45)42-31(29(36(49)50)21-26-14-7-3-8-15-26)34(46)43-19-11-18-39(43,37(51)52)38(53)54-23-27-16-9-4-10-17-27/h2-10,12-17,24,28-31H,11,18-23,40H2,1H3,(H,41,44)(H,42,45)(H,47,48)(H,49,50)(H,51,52)/t24-,28?,29?,30-,31-,39-/m0/s1. The highest BCUT2D eigenvalue weighted by atomic mass is 16.5. The van der Waals surface area contributed by atoms with Crippen molar-refractivity contribution in [2.75, 3.05) is 6.54 Å². The normalized spacial score (nSPS) is 17.9. The van der Waals surface area contributed by atoms with E-state index in [0.29, 0.717) is 16.7 Å². The summed E-state index contributed by atoms with van der Waals surface area (Å²) < 4.78 is 5.41. The molecule has 15 nitrogen and oxygen atoms in total. The molecule has 1 heterocycles. The van der Waals surface area contributed by atoms with Crippen LogP contribution in [0.1, 0.15) is 42.9 Å². The van der Waals surface area contributed by atoms with Crippen molar-refractivity contribution in [3.05, 3.63) is 108 Å². The van der Waals surface area contributed by atoms with Crippen LogP contribution in [0.3, 0.4) is 0 Å². The number of ether oxygens (including phenoxy) is 1. The van der Waals surface area contributed by atoms with Crippen molar-refractivity contribution < 1.29 is 53.6 Å². The molecule has 1 aliphatic heterocycles. The van der Waals surface area contributed by atoms with E-state index in [9.17, 15) is 48.9 Å². The molecular formula is C39H44N4O11. The Bertz CT molecular complexity index is 1810. The number of likely N-dealkylation sites (tertiary alicyclic amines) is 1. The van der Waals surface area contributed by atoms with Crippen LogP contribution in [0.15, 0.2) is 91.0 Å². The highest BCUT2D eigenvalue weighted by Crippen LogP contribution is 2.34. The van der Waals surface area contributed by atoms with Gasteiger partial charge < -0.3 is 41.3 Å². The summed E-state index contributed by atoms with van der Waals surface area (Å²) in [5.74, 6) is -11.9. The molecule has 4 rings (SSSR count). The Morgan fingerprint density at radius 2 is 1.30 bits per heavy atom. The molecule has 15 heteroatoms. The van der Waals surface area contributed by atoms with Crippen LogP contribution in [0, 0.1) is 11.8 Å². The van der Waals surface area contributed by atoms with Gasteiger partial charge in [0.2, 0.25) is 23.3 Å². The number of carbonyl (C=O) groups is 7. The minimum atomic E-state index is -2.56. The number of aliphatic carboxylic acids is 3. The van der Waals surface area contributed by atoms with Gasteiger partial charge in [0.1, 0.15) is 18.7 Å². The van der Waals surface area contributed by atoms with Crippen LogP contribution < -0.4 is 16.4 Å². The molecule has 0 aromatic heterocycles. The summed E-state index contributed by atoms with van der Waals surface area (Å²) in [4.78, 5) is 94.3. The monoisotopic (exact) mass is 744 g/mol. The molecule has 0 bridgehead atoms. The quantitative estimate of drug-likeness (QED) is 0.0807. The maximum absolute atomic E-state index is 14.6. The first-order valence-electron chi connectivity index (χ1n) is 17.4. The number of benzene rings is 3. The zero-order chi connectivity index (χ0) is 39.4. The van der Waals surface area contributed by atoms with E-state index in [-0.39, 0.29) is 38.8 Å². The molecule has 3 aromatic carbocycles. The van der Waals surface area contributed by atoms with Crippen molar-refractivity contribution >= 4 is 41.6 Å². The first kappa shape index (κ1) is 40.7. The molecule has 1 fully saturated rings. The molecule has 3 amide bonds. The molecule has 3 aromatic rings. The van der Waals surface area contributed by atoms with E-state index in [1.165, 1.54) is 6.92 Å². The van der Waals surface area contributed by atoms with E-state index in [4.69, 9.17) is 10.5 Å². The molecule has 6 atom stereocenters. The minimum absolute atomic E-state index is 0.0302. The number of carboxylic acid groups (broad SMARTS) is 3. The maximum Gasteiger partial charge on any atom is 0.344 e. The van der Waals surface area contributed by atoms with E-state index < -0.39 is 83.5 Å². The highest BCUT2D eigenvalue weighted by molar-refractivity contribution is 6.09. The predicted molar refractivity (Wildman–Crippen MR) is 192 cm³/mol. The molecule has 2 unspecified atom stereocenters. The van der Waals surface area contributed by atoms with Gasteiger partial charge in [-0.25, -0.2) is 9.59 Å². The molecule has 286 valence electrons. The van der Waals surface area contributed by atoms with E-state index in [1.54, 1.807) is 91.0 Å². The van der Waals surface area contributed by atoms with Crippen molar-refractivity contribution in [3.63, 3.8) is 0 Å². The number of carbonyl (C=O) groups excluding carboxylic acids is 4. The lowest BCUT2D eigenvalue weighted by atomic mass is 9.88. The zero-order valence-corrected chi connectivity index (χ0v) is 29.6. The number of nitrogens with two attached hydrogens (primary N) is 1. The second-order valence-electron chi connectivity index (χ2n) is 13.3. The van der Waals surface area contributed by atoms with Gasteiger partial charge in [-0.3, -0.25) is 24.0 Å². The molecule has 0 spiro atoms. The Morgan fingerprint density at radius 3 is 1.80 bits per heavy atom. The van der Waals surface area contributed by atoms with Gasteiger partial charge in [0.15, 0.2) is 0 Å². The Kier molecular flexibility index (Phi) is 14.0. The molecule has 0 saturated carbocycles. The smallest absolute Gasteiger partial charge is 0.344 e. The summed E-state index contributed by atoms with van der Waals surface area (Å²) in [6, 6.07) is 20.4. The number of esters is 1. The number of hydrogen-bond donors (Lipinski definition) is 6. The van der Waals surface area contributed by atoms with Gasteiger partial charge in [0, 0.05) is 6.54 Å². The third-order valence-electron chi connectivity index (χ3n) is 9.37. The predicted octanol–water partition coefficient (Wildman–Crippen LogP) is 1.77. The molecular weight excluding hydrogens is 700 g/mol. The van der Waals surface area contributed by atoms with Crippen LogP contribution in [0.5, 0.6) is 0 Å². The lowest BCUT2D eigenvalue weighted by Crippen LogP contribution is -2.65. The number of nitrogens with zero attached hydrogens (tertiary/aromatic N) is 1. The van der Waals surface area contributed by atoms with Crippen molar-refractivity contribution in [1.29, 1.82) is 0 Å². The second kappa shape index (κ2) is 18.6. The van der Waals surface area contributed by atoms with Gasteiger partial charge in [-0.2, -0.15) is 0 Å². The Labute approximate surface area is 311 Å². The van der Waals surface area contributed by atoms with Gasteiger partial charge in [-0.1, -0.05) is 91.0 Å². The summed E-state index contributed by atoms with van der Waals surface area (Å²) in [6.07, 6.45) is -1.17. The summed E-state index contributed by atoms with van der Waals surface area (Å²) in [6.45, 7) is 0.737. The number of nitrogens with one attached hydrogen (secondary N) is 2. The van der Waals surface area contributed by atoms with Crippen molar-refractivity contribution in [2.24, 2.45) is 17.6 Å². The Balaban J connectivity index is 1.73. The Morgan fingerprint density at radius 1 is 0.759 bits per heavy atom. The summed E-state index contributed by atoms with van der Waals surface area (Å²) in [5.41, 5.74) is 4.83. The summed E-state index contributed by atoms with van der Waals surface area (Å²) in [7, 11) is 0. The summed E-state index contributed by atoms with van der Waals surface area (Å²) in [5, 5.41) is 36.0. The van der Waals surface area contributed by atoms with Gasteiger partial charge in [0.25, 0.3) is 0 Å². The zero-order valence-electron chi connectivity index (χ0n) is 29.6. The Hall–Kier alpha value is -6.09. The van der Waals surface area contributed by atoms with Crippen LogP contribution in [-0.2, 0) is 57.7 Å². The van der Waals surface area contributed by atoms with Crippen LogP contribution in [0.4, 0.5) is 0 Å². The highest BCUT2D eigenvalue weighted by Gasteiger charge is 2.59. The van der Waals surface area contributed by atoms with Crippen LogP contribution in [-0.4, -0.2) is 92.0 Å². The lowest BCUT2D eigenvalue weighted by Gasteiger charge is -2.37. The molecule has 54 heavy (non-hydrogen) atoms. The van der Waals surface area contributed by atoms with Crippen LogP contribution >= 0.6 is 0 Å². The van der Waals surface area contributed by atoms with Gasteiger partial charge >= 0.3 is 23.9 Å². The number of hydrogen-bond acceptors (Lipinski definition) is 9. The molecule has 0 radical (unpaired) electrons. The largest absolute Gasteiger partial charge is 0.481 e. The number of carboxylic acids is 3. The van der Waals surface area contributed by atoms with Gasteiger partial charge in [0.05, 0.1) is 17.9 Å².